The highest BCUT2D eigenvalue weighted by atomic mass is 35.5. The fraction of sp³-hybridized carbons (Fsp3) is 0.733. The first kappa shape index (κ1) is 16.3. The molecule has 2 aromatic rings. The zero-order chi connectivity index (χ0) is 15.4. The highest BCUT2D eigenvalue weighted by Crippen LogP contribution is 2.21. The summed E-state index contributed by atoms with van der Waals surface area (Å²) < 4.78 is 9.84. The molecule has 0 aliphatic carbocycles. The zero-order valence-electron chi connectivity index (χ0n) is 13.4. The van der Waals surface area contributed by atoms with Crippen molar-refractivity contribution in [2.45, 2.75) is 53.1 Å². The van der Waals surface area contributed by atoms with E-state index in [4.69, 9.17) is 16.3 Å². The van der Waals surface area contributed by atoms with E-state index < -0.39 is 0 Å². The summed E-state index contributed by atoms with van der Waals surface area (Å²) in [6.07, 6.45) is 0.954. The number of ether oxygens (including phenoxy) is 1. The van der Waals surface area contributed by atoms with Crippen LogP contribution in [-0.4, -0.2) is 32.5 Å². The fourth-order valence-electron chi connectivity index (χ4n) is 2.47. The lowest BCUT2D eigenvalue weighted by Crippen LogP contribution is -2.11. The lowest BCUT2D eigenvalue weighted by atomic mass is 10.2. The molecule has 2 heterocycles. The number of rotatable bonds is 8. The van der Waals surface area contributed by atoms with Crippen LogP contribution in [0.3, 0.4) is 0 Å². The van der Waals surface area contributed by atoms with E-state index in [1.807, 2.05) is 11.6 Å². The first-order valence-electron chi connectivity index (χ1n) is 7.64. The Kier molecular flexibility index (Phi) is 5.65. The second-order valence-corrected chi connectivity index (χ2v) is 5.98. The van der Waals surface area contributed by atoms with Crippen LogP contribution in [0.25, 0.3) is 11.2 Å². The summed E-state index contributed by atoms with van der Waals surface area (Å²) in [6, 6.07) is 0. The van der Waals surface area contributed by atoms with Gasteiger partial charge in [0.05, 0.1) is 11.6 Å². The quantitative estimate of drug-likeness (QED) is 0.554. The molecule has 0 unspecified atom stereocenters. The Morgan fingerprint density at radius 3 is 2.71 bits per heavy atom. The number of fused-ring (bicyclic) bond motifs is 1. The zero-order valence-corrected chi connectivity index (χ0v) is 14.2. The van der Waals surface area contributed by atoms with Crippen molar-refractivity contribution in [1.82, 2.24) is 19.3 Å². The predicted molar refractivity (Wildman–Crippen MR) is 85.8 cm³/mol. The smallest absolute Gasteiger partial charge is 0.158 e. The van der Waals surface area contributed by atoms with Crippen LogP contribution in [0.15, 0.2) is 0 Å². The minimum Gasteiger partial charge on any atom is -0.381 e. The normalized spacial score (nSPS) is 11.9. The molecule has 6 heteroatoms. The predicted octanol–water partition coefficient (Wildman–Crippen LogP) is 3.36. The third-order valence-electron chi connectivity index (χ3n) is 3.42. The molecule has 118 valence electrons. The molecule has 0 fully saturated rings. The monoisotopic (exact) mass is 312 g/mol. The maximum Gasteiger partial charge on any atom is 0.158 e. The van der Waals surface area contributed by atoms with Crippen molar-refractivity contribution in [3.63, 3.8) is 0 Å². The Balaban J connectivity index is 2.13. The van der Waals surface area contributed by atoms with Crippen LogP contribution in [0.2, 0.25) is 0 Å². The molecule has 0 bridgehead atoms. The molecule has 0 spiro atoms. The van der Waals surface area contributed by atoms with Crippen molar-refractivity contribution < 1.29 is 4.74 Å². The lowest BCUT2D eigenvalue weighted by Gasteiger charge is -2.10. The van der Waals surface area contributed by atoms with Crippen molar-refractivity contribution in [1.29, 1.82) is 0 Å². The summed E-state index contributed by atoms with van der Waals surface area (Å²) in [7, 11) is 0. The van der Waals surface area contributed by atoms with Crippen LogP contribution >= 0.6 is 11.6 Å². The van der Waals surface area contributed by atoms with Crippen molar-refractivity contribution in [2.24, 2.45) is 5.92 Å². The number of hydrogen-bond donors (Lipinski definition) is 0. The lowest BCUT2D eigenvalue weighted by molar-refractivity contribution is 0.105. The summed E-state index contributed by atoms with van der Waals surface area (Å²) in [6.45, 7) is 11.7. The van der Waals surface area contributed by atoms with Crippen LogP contribution in [0.5, 0.6) is 0 Å². The molecule has 0 saturated heterocycles. The Morgan fingerprint density at radius 1 is 1.33 bits per heavy atom. The van der Waals surface area contributed by atoms with E-state index in [9.17, 15) is 0 Å². The van der Waals surface area contributed by atoms with Gasteiger partial charge in [0.15, 0.2) is 5.65 Å². The number of nitrogens with zero attached hydrogens (tertiary/aromatic N) is 4. The van der Waals surface area contributed by atoms with Gasteiger partial charge >= 0.3 is 0 Å². The second-order valence-electron chi connectivity index (χ2n) is 5.71. The number of alkyl halides is 1. The Bertz CT molecular complexity index is 588. The van der Waals surface area contributed by atoms with Crippen LogP contribution < -0.4 is 0 Å². The molecule has 0 aliphatic heterocycles. The molecule has 0 saturated carbocycles. The van der Waals surface area contributed by atoms with Gasteiger partial charge in [-0.2, -0.15) is 5.10 Å². The summed E-state index contributed by atoms with van der Waals surface area (Å²) >= 11 is 6.05. The SMILES string of the molecule is CCn1nc(C)c2nc(CCl)n(CCCOCC(C)C)c21. The van der Waals surface area contributed by atoms with Gasteiger partial charge in [-0.25, -0.2) is 9.67 Å². The van der Waals surface area contributed by atoms with Crippen LogP contribution in [0.1, 0.15) is 38.7 Å². The van der Waals surface area contributed by atoms with E-state index in [1.165, 1.54) is 0 Å². The van der Waals surface area contributed by atoms with Crippen molar-refractivity contribution in [3.05, 3.63) is 11.5 Å². The summed E-state index contributed by atoms with van der Waals surface area (Å²) in [5.74, 6) is 1.91. The molecular weight excluding hydrogens is 288 g/mol. The maximum atomic E-state index is 6.05. The Hall–Kier alpha value is -1.07. The second kappa shape index (κ2) is 7.27. The molecule has 5 nitrogen and oxygen atoms in total. The van der Waals surface area contributed by atoms with Crippen LogP contribution in [-0.2, 0) is 23.7 Å². The van der Waals surface area contributed by atoms with Gasteiger partial charge in [0.1, 0.15) is 11.3 Å². The first-order valence-corrected chi connectivity index (χ1v) is 8.18. The molecule has 0 atom stereocenters. The Labute approximate surface area is 131 Å². The summed E-state index contributed by atoms with van der Waals surface area (Å²) in [5.41, 5.74) is 3.01. The van der Waals surface area contributed by atoms with Gasteiger partial charge in [-0.05, 0) is 26.2 Å². The molecular formula is C15H25ClN4O. The van der Waals surface area contributed by atoms with Crippen molar-refractivity contribution >= 4 is 22.8 Å². The number of hydrogen-bond acceptors (Lipinski definition) is 3. The van der Waals surface area contributed by atoms with Gasteiger partial charge in [0, 0.05) is 26.3 Å². The van der Waals surface area contributed by atoms with Gasteiger partial charge in [-0.1, -0.05) is 13.8 Å². The van der Waals surface area contributed by atoms with E-state index in [1.54, 1.807) is 0 Å². The van der Waals surface area contributed by atoms with Gasteiger partial charge in [0.2, 0.25) is 0 Å². The highest BCUT2D eigenvalue weighted by Gasteiger charge is 2.17. The molecule has 0 radical (unpaired) electrons. The van der Waals surface area contributed by atoms with E-state index >= 15 is 0 Å². The standard InChI is InChI=1S/C15H25ClN4O/c1-5-20-15-14(12(4)18-20)17-13(9-16)19(15)7-6-8-21-10-11(2)3/h11H,5-10H2,1-4H3. The average Bonchev–Trinajstić information content (AvgIpc) is 2.96. The molecule has 0 N–H and O–H groups in total. The van der Waals surface area contributed by atoms with E-state index in [0.29, 0.717) is 11.8 Å². The van der Waals surface area contributed by atoms with Crippen LogP contribution in [0.4, 0.5) is 0 Å². The molecule has 0 aromatic carbocycles. The fourth-order valence-corrected chi connectivity index (χ4v) is 2.67. The highest BCUT2D eigenvalue weighted by molar-refractivity contribution is 6.16. The van der Waals surface area contributed by atoms with Gasteiger partial charge < -0.3 is 9.30 Å². The third kappa shape index (κ3) is 3.58. The minimum absolute atomic E-state index is 0.421. The summed E-state index contributed by atoms with van der Waals surface area (Å²) in [4.78, 5) is 4.63. The van der Waals surface area contributed by atoms with Gasteiger partial charge in [0.25, 0.3) is 0 Å². The first-order chi connectivity index (χ1) is 10.1. The minimum atomic E-state index is 0.421. The molecule has 2 rings (SSSR count). The van der Waals surface area contributed by atoms with Crippen molar-refractivity contribution in [2.75, 3.05) is 13.2 Å². The number of aromatic nitrogens is 4. The maximum absolute atomic E-state index is 6.05. The third-order valence-corrected chi connectivity index (χ3v) is 3.66. The Morgan fingerprint density at radius 2 is 2.10 bits per heavy atom. The van der Waals surface area contributed by atoms with E-state index in [0.717, 1.165) is 55.4 Å². The molecule has 0 aliphatic rings. The summed E-state index contributed by atoms with van der Waals surface area (Å²) in [5, 5.41) is 4.53. The van der Waals surface area contributed by atoms with Gasteiger partial charge in [-0.3, -0.25) is 0 Å². The van der Waals surface area contributed by atoms with Crippen LogP contribution in [0, 0.1) is 12.8 Å². The van der Waals surface area contributed by atoms with Crippen molar-refractivity contribution in [3.8, 4) is 0 Å². The van der Waals surface area contributed by atoms with E-state index in [2.05, 4.69) is 35.4 Å². The number of aryl methyl sites for hydroxylation is 3. The molecule has 21 heavy (non-hydrogen) atoms. The topological polar surface area (TPSA) is 44.9 Å². The average molecular weight is 313 g/mol. The largest absolute Gasteiger partial charge is 0.381 e. The van der Waals surface area contributed by atoms with E-state index in [-0.39, 0.29) is 0 Å². The molecule has 2 aromatic heterocycles. The number of imidazole rings is 1. The number of halogens is 1. The molecule has 0 amide bonds. The van der Waals surface area contributed by atoms with Gasteiger partial charge in [-0.15, -0.1) is 11.6 Å².